The predicted octanol–water partition coefficient (Wildman–Crippen LogP) is 8.05. The summed E-state index contributed by atoms with van der Waals surface area (Å²) in [4.78, 5) is 27.2. The van der Waals surface area contributed by atoms with Gasteiger partial charge in [-0.2, -0.15) is 0 Å². The van der Waals surface area contributed by atoms with Crippen molar-refractivity contribution in [2.45, 2.75) is 24.3 Å². The fourth-order valence-electron chi connectivity index (χ4n) is 5.18. The van der Waals surface area contributed by atoms with Crippen LogP contribution in [0.2, 0.25) is 0 Å². The maximum atomic E-state index is 14.4. The monoisotopic (exact) mass is 621 g/mol. The molecule has 1 aliphatic carbocycles. The van der Waals surface area contributed by atoms with Crippen molar-refractivity contribution in [3.05, 3.63) is 138 Å². The molecule has 0 N–H and O–H groups in total. The lowest BCUT2D eigenvalue weighted by Crippen LogP contribution is -2.53. The van der Waals surface area contributed by atoms with E-state index in [1.807, 2.05) is 60.7 Å². The Morgan fingerprint density at radius 3 is 1.49 bits per heavy atom. The van der Waals surface area contributed by atoms with E-state index >= 15 is 0 Å². The van der Waals surface area contributed by atoms with Gasteiger partial charge in [0.2, 0.25) is 5.54 Å². The summed E-state index contributed by atoms with van der Waals surface area (Å²) >= 11 is 6.60. The van der Waals surface area contributed by atoms with E-state index in [-0.39, 0.29) is 21.9 Å². The Morgan fingerprint density at radius 2 is 1.16 bits per heavy atom. The van der Waals surface area contributed by atoms with E-state index in [1.165, 1.54) is 0 Å². The lowest BCUT2D eigenvalue weighted by atomic mass is 9.58. The van der Waals surface area contributed by atoms with Gasteiger partial charge in [0.25, 0.3) is 0 Å². The maximum absolute atomic E-state index is 14.4. The van der Waals surface area contributed by atoms with Crippen LogP contribution >= 0.6 is 31.9 Å². The number of ketones is 1. The number of halogens is 2. The molecule has 0 amide bonds. The van der Waals surface area contributed by atoms with Crippen molar-refractivity contribution in [3.8, 4) is 0 Å². The van der Waals surface area contributed by atoms with Gasteiger partial charge in [-0.1, -0.05) is 60.7 Å². The van der Waals surface area contributed by atoms with Crippen LogP contribution in [0.25, 0.3) is 12.2 Å². The summed E-state index contributed by atoms with van der Waals surface area (Å²) in [5.74, 6) is -1.18. The van der Waals surface area contributed by atoms with Crippen molar-refractivity contribution >= 4 is 49.8 Å². The molecule has 2 aromatic heterocycles. The van der Waals surface area contributed by atoms with E-state index in [2.05, 4.69) is 31.9 Å². The Kier molecular flexibility index (Phi) is 6.88. The first kappa shape index (κ1) is 25.2. The first-order valence-electron chi connectivity index (χ1n) is 11.5. The Hall–Kier alpha value is -3.49. The van der Waals surface area contributed by atoms with E-state index in [4.69, 9.17) is 8.83 Å². The number of rotatable bonds is 5. The number of hydrogen-bond acceptors (Lipinski definition) is 5. The van der Waals surface area contributed by atoms with Gasteiger partial charge in [0, 0.05) is 23.0 Å². The number of carbonyl (C=O) groups excluding carboxylic acids is 1. The van der Waals surface area contributed by atoms with Gasteiger partial charge in [0.1, 0.15) is 11.5 Å². The van der Waals surface area contributed by atoms with Crippen molar-refractivity contribution in [2.75, 3.05) is 0 Å². The van der Waals surface area contributed by atoms with Gasteiger partial charge < -0.3 is 8.83 Å². The molecule has 1 fully saturated rings. The smallest absolute Gasteiger partial charge is 0.241 e. The van der Waals surface area contributed by atoms with Crippen LogP contribution in [0.15, 0.2) is 114 Å². The van der Waals surface area contributed by atoms with Crippen LogP contribution in [0.1, 0.15) is 41.4 Å². The summed E-state index contributed by atoms with van der Waals surface area (Å²) in [5, 5.41) is 13.1. The number of Topliss-reactive ketones (excluding diaryl/α,β-unsaturated/α-hetero) is 1. The van der Waals surface area contributed by atoms with E-state index in [0.717, 1.165) is 0 Å². The van der Waals surface area contributed by atoms with Gasteiger partial charge in [-0.25, -0.2) is 0 Å². The molecular weight excluding hydrogens is 602 g/mol. The highest BCUT2D eigenvalue weighted by molar-refractivity contribution is 9.10. The molecule has 2 atom stereocenters. The van der Waals surface area contributed by atoms with Gasteiger partial charge in [-0.05, 0) is 79.4 Å². The van der Waals surface area contributed by atoms with Gasteiger partial charge in [0.15, 0.2) is 15.1 Å². The fraction of sp³-hybridized carbons (Fsp3) is 0.138. The van der Waals surface area contributed by atoms with Crippen LogP contribution in [0, 0.1) is 10.1 Å². The Balaban J connectivity index is 1.84. The summed E-state index contributed by atoms with van der Waals surface area (Å²) in [5.41, 5.74) is 0.273. The van der Waals surface area contributed by atoms with E-state index in [9.17, 15) is 14.9 Å². The Bertz CT molecular complexity index is 1410. The van der Waals surface area contributed by atoms with E-state index < -0.39 is 17.4 Å². The highest BCUT2D eigenvalue weighted by Gasteiger charge is 2.61. The van der Waals surface area contributed by atoms with Crippen LogP contribution in [0.4, 0.5) is 0 Å². The second-order valence-electron chi connectivity index (χ2n) is 8.98. The minimum absolute atomic E-state index is 0.257. The molecule has 37 heavy (non-hydrogen) atoms. The molecular formula is C29H21Br2NO5. The number of carbonyl (C=O) groups is 1. The average Bonchev–Trinajstić information content (AvgIpc) is 3.50. The molecule has 1 aliphatic rings. The fourth-order valence-corrected chi connectivity index (χ4v) is 5.82. The molecule has 4 aromatic rings. The predicted molar refractivity (Wildman–Crippen MR) is 148 cm³/mol. The zero-order chi connectivity index (χ0) is 26.2. The molecule has 0 radical (unpaired) electrons. The van der Waals surface area contributed by atoms with Gasteiger partial charge >= 0.3 is 0 Å². The normalized spacial score (nSPS) is 24.0. The molecule has 8 heteroatoms. The third-order valence-corrected chi connectivity index (χ3v) is 7.61. The summed E-state index contributed by atoms with van der Waals surface area (Å²) in [7, 11) is 0. The number of nitro groups is 1. The molecule has 186 valence electrons. The van der Waals surface area contributed by atoms with Gasteiger partial charge in [0.05, 0.1) is 11.8 Å². The standard InChI is InChI=1S/C29H21Br2NO5/c1-29(32(34)35)26(18-8-4-2-5-9-18)22(16-20-12-14-24(30)36-20)28(33)23(17-21-13-15-25(31)37-21)27(29)19-10-6-3-7-11-19/h2-17,26-27H,1H3/b22-16-,23-17-. The van der Waals surface area contributed by atoms with Crippen molar-refractivity contribution in [2.24, 2.45) is 0 Å². The van der Waals surface area contributed by atoms with Crippen molar-refractivity contribution in [1.82, 2.24) is 0 Å². The van der Waals surface area contributed by atoms with Crippen LogP contribution in [-0.2, 0) is 4.79 Å². The molecule has 5 rings (SSSR count). The first-order chi connectivity index (χ1) is 17.8. The number of hydrogen-bond donors (Lipinski definition) is 0. The zero-order valence-corrected chi connectivity index (χ0v) is 22.8. The lowest BCUT2D eigenvalue weighted by molar-refractivity contribution is -0.572. The van der Waals surface area contributed by atoms with Gasteiger partial charge in [-0.15, -0.1) is 0 Å². The Labute approximate surface area is 230 Å². The quantitative estimate of drug-likeness (QED) is 0.128. The highest BCUT2D eigenvalue weighted by atomic mass is 79.9. The summed E-state index contributed by atoms with van der Waals surface area (Å²) in [6, 6.07) is 25.2. The van der Waals surface area contributed by atoms with E-state index in [1.54, 1.807) is 43.3 Å². The number of nitrogens with zero attached hydrogens (tertiary/aromatic N) is 1. The topological polar surface area (TPSA) is 86.5 Å². The van der Waals surface area contributed by atoms with Crippen molar-refractivity contribution in [3.63, 3.8) is 0 Å². The van der Waals surface area contributed by atoms with Crippen molar-refractivity contribution in [1.29, 1.82) is 0 Å². The maximum Gasteiger partial charge on any atom is 0.241 e. The second-order valence-corrected chi connectivity index (χ2v) is 10.5. The molecule has 2 unspecified atom stereocenters. The third kappa shape index (κ3) is 4.67. The minimum atomic E-state index is -1.62. The SMILES string of the molecule is CC1([N+](=O)[O-])C(c2ccccc2)/C(=C/c2ccc(Br)o2)C(=O)/C(=C\c2ccc(Br)o2)C1c1ccccc1. The number of furan rings is 2. The van der Waals surface area contributed by atoms with Crippen molar-refractivity contribution < 1.29 is 18.6 Å². The first-order valence-corrected chi connectivity index (χ1v) is 13.1. The number of benzene rings is 2. The lowest BCUT2D eigenvalue weighted by Gasteiger charge is -2.43. The zero-order valence-electron chi connectivity index (χ0n) is 19.6. The van der Waals surface area contributed by atoms with Crippen LogP contribution in [-0.4, -0.2) is 16.2 Å². The second kappa shape index (κ2) is 10.1. The molecule has 0 spiro atoms. The summed E-state index contributed by atoms with van der Waals surface area (Å²) in [6.45, 7) is 1.62. The van der Waals surface area contributed by atoms with Crippen LogP contribution < -0.4 is 0 Å². The molecule has 2 heterocycles. The molecule has 2 aromatic carbocycles. The highest BCUT2D eigenvalue weighted by Crippen LogP contribution is 2.54. The summed E-state index contributed by atoms with van der Waals surface area (Å²) in [6.07, 6.45) is 3.22. The minimum Gasteiger partial charge on any atom is -0.450 e. The average molecular weight is 623 g/mol. The summed E-state index contributed by atoms with van der Waals surface area (Å²) < 4.78 is 12.4. The van der Waals surface area contributed by atoms with Gasteiger partial charge in [-0.3, -0.25) is 14.9 Å². The molecule has 0 saturated heterocycles. The molecule has 0 aliphatic heterocycles. The van der Waals surface area contributed by atoms with E-state index in [0.29, 0.717) is 32.0 Å². The Morgan fingerprint density at radius 1 is 0.757 bits per heavy atom. The molecule has 6 nitrogen and oxygen atoms in total. The molecule has 1 saturated carbocycles. The van der Waals surface area contributed by atoms with Crippen LogP contribution in [0.5, 0.6) is 0 Å². The van der Waals surface area contributed by atoms with Crippen LogP contribution in [0.3, 0.4) is 0 Å². The third-order valence-electron chi connectivity index (χ3n) is 6.76. The molecule has 0 bridgehead atoms. The largest absolute Gasteiger partial charge is 0.450 e.